The van der Waals surface area contributed by atoms with E-state index in [4.69, 9.17) is 0 Å². The third-order valence-electron chi connectivity index (χ3n) is 14.9. The molecule has 0 N–H and O–H groups in total. The number of aryl methyl sites for hydroxylation is 1. The van der Waals surface area contributed by atoms with Crippen LogP contribution in [-0.2, 0) is 21.7 Å². The van der Waals surface area contributed by atoms with E-state index in [1.165, 1.54) is 93.9 Å². The highest BCUT2D eigenvalue weighted by atomic mass is 28.3. The molecule has 0 radical (unpaired) electrons. The molecule has 0 aliphatic carbocycles. The van der Waals surface area contributed by atoms with Gasteiger partial charge in [-0.05, 0) is 142 Å². The van der Waals surface area contributed by atoms with Crippen molar-refractivity contribution in [2.75, 3.05) is 9.80 Å². The first kappa shape index (κ1) is 46.5. The van der Waals surface area contributed by atoms with Gasteiger partial charge in [0.05, 0.1) is 0 Å². The summed E-state index contributed by atoms with van der Waals surface area (Å²) in [6.45, 7) is 37.9. The first-order valence-electron chi connectivity index (χ1n) is 24.7. The van der Waals surface area contributed by atoms with E-state index in [-0.39, 0.29) is 33.4 Å². The van der Waals surface area contributed by atoms with Gasteiger partial charge in [-0.15, -0.1) is 0 Å². The minimum atomic E-state index is -2.74. The van der Waals surface area contributed by atoms with Crippen LogP contribution in [0, 0.1) is 6.92 Å². The van der Waals surface area contributed by atoms with E-state index in [2.05, 4.69) is 272 Å². The molecule has 2 nitrogen and oxygen atoms in total. The Balaban J connectivity index is 1.44. The predicted molar refractivity (Wildman–Crippen MR) is 297 cm³/mol. The zero-order valence-electron chi connectivity index (χ0n) is 43.4. The van der Waals surface area contributed by atoms with Crippen LogP contribution in [0.4, 0.5) is 34.1 Å². The van der Waals surface area contributed by atoms with Crippen molar-refractivity contribution in [1.82, 2.24) is 0 Å². The molecule has 67 heavy (non-hydrogen) atoms. The van der Waals surface area contributed by atoms with Gasteiger partial charge in [0, 0.05) is 34.1 Å². The first-order valence-corrected chi connectivity index (χ1v) is 26.7. The van der Waals surface area contributed by atoms with Crippen LogP contribution in [0.2, 0.25) is 5.04 Å². The molecule has 0 spiro atoms. The maximum atomic E-state index is 2.69. The molecule has 9 rings (SSSR count). The third kappa shape index (κ3) is 7.91. The van der Waals surface area contributed by atoms with Crippen LogP contribution < -0.4 is 41.7 Å². The van der Waals surface area contributed by atoms with Gasteiger partial charge in [0.1, 0.15) is 0 Å². The minimum Gasteiger partial charge on any atom is -0.311 e. The third-order valence-corrected chi connectivity index (χ3v) is 20.8. The lowest BCUT2D eigenvalue weighted by atomic mass is 9.33. The highest BCUT2D eigenvalue weighted by molar-refractivity contribution is 7.13. The smallest absolute Gasteiger partial charge is 0.252 e. The number of nitrogens with zero attached hydrogens (tertiary/aromatic N) is 2. The maximum absolute atomic E-state index is 2.74. The first-order chi connectivity index (χ1) is 31.3. The summed E-state index contributed by atoms with van der Waals surface area (Å²) in [5, 5.41) is 4.26. The van der Waals surface area contributed by atoms with Crippen LogP contribution in [0.25, 0.3) is 0 Å². The fourth-order valence-electron chi connectivity index (χ4n) is 11.3. The second-order valence-corrected chi connectivity index (χ2v) is 29.6. The Morgan fingerprint density at radius 3 is 1.25 bits per heavy atom. The fourth-order valence-corrected chi connectivity index (χ4v) is 17.0. The predicted octanol–water partition coefficient (Wildman–Crippen LogP) is 13.5. The molecule has 0 bridgehead atoms. The van der Waals surface area contributed by atoms with Crippen LogP contribution in [0.15, 0.2) is 152 Å². The van der Waals surface area contributed by atoms with Gasteiger partial charge >= 0.3 is 0 Å². The second kappa shape index (κ2) is 16.0. The summed E-state index contributed by atoms with van der Waals surface area (Å²) in [6, 6.07) is 59.9. The van der Waals surface area contributed by atoms with E-state index in [0.717, 1.165) is 0 Å². The SMILES string of the molecule is Cc1cc2c3c(c1)N(c1cc(C(C)(C)C)cc(C(C)(C)C)c1)c1ccc([Si](c4ccccc4)(c4ccccc4)C(C)(C)C)cc1B3c1cc(C(C)(C)C)ccc1N2c1ccc(C(C)(C)C)cc1. The average Bonchev–Trinajstić information content (AvgIpc) is 3.25. The van der Waals surface area contributed by atoms with E-state index in [1.54, 1.807) is 0 Å². The molecular formula is C63H73BN2Si. The van der Waals surface area contributed by atoms with E-state index in [9.17, 15) is 0 Å². The molecule has 2 aliphatic heterocycles. The molecule has 0 saturated carbocycles. The molecule has 0 amide bonds. The quantitative estimate of drug-likeness (QED) is 0.125. The summed E-state index contributed by atoms with van der Waals surface area (Å²) in [7, 11) is -2.74. The van der Waals surface area contributed by atoms with Crippen LogP contribution in [-0.4, -0.2) is 14.8 Å². The molecule has 0 atom stereocenters. The highest BCUT2D eigenvalue weighted by Crippen LogP contribution is 2.47. The summed E-state index contributed by atoms with van der Waals surface area (Å²) < 4.78 is 0. The Kier molecular flexibility index (Phi) is 11.1. The number of benzene rings is 7. The highest BCUT2D eigenvalue weighted by Gasteiger charge is 2.51. The van der Waals surface area contributed by atoms with Crippen molar-refractivity contribution in [3.63, 3.8) is 0 Å². The van der Waals surface area contributed by atoms with Gasteiger partial charge in [0.2, 0.25) is 0 Å². The second-order valence-electron chi connectivity index (χ2n) is 24.9. The molecule has 0 saturated heterocycles. The van der Waals surface area contributed by atoms with Gasteiger partial charge in [-0.2, -0.15) is 0 Å². The molecule has 7 aromatic carbocycles. The van der Waals surface area contributed by atoms with E-state index in [0.29, 0.717) is 0 Å². The molecular weight excluding hydrogens is 824 g/mol. The monoisotopic (exact) mass is 897 g/mol. The molecule has 4 heteroatoms. The van der Waals surface area contributed by atoms with Crippen LogP contribution >= 0.6 is 0 Å². The Labute approximate surface area is 405 Å². The van der Waals surface area contributed by atoms with Crippen molar-refractivity contribution in [3.8, 4) is 0 Å². The zero-order chi connectivity index (χ0) is 48.2. The largest absolute Gasteiger partial charge is 0.311 e. The van der Waals surface area contributed by atoms with Crippen molar-refractivity contribution in [2.24, 2.45) is 0 Å². The van der Waals surface area contributed by atoms with Crippen LogP contribution in [0.1, 0.15) is 132 Å². The summed E-state index contributed by atoms with van der Waals surface area (Å²) in [4.78, 5) is 5.23. The van der Waals surface area contributed by atoms with Crippen molar-refractivity contribution in [2.45, 2.75) is 137 Å². The van der Waals surface area contributed by atoms with Crippen LogP contribution in [0.3, 0.4) is 0 Å². The summed E-state index contributed by atoms with van der Waals surface area (Å²) in [5.41, 5.74) is 18.1. The van der Waals surface area contributed by atoms with E-state index < -0.39 is 8.07 Å². The minimum absolute atomic E-state index is 0.00898. The van der Waals surface area contributed by atoms with E-state index >= 15 is 0 Å². The van der Waals surface area contributed by atoms with Gasteiger partial charge < -0.3 is 9.80 Å². The molecule has 0 fully saturated rings. The molecule has 0 unspecified atom stereocenters. The van der Waals surface area contributed by atoms with Crippen LogP contribution in [0.5, 0.6) is 0 Å². The maximum Gasteiger partial charge on any atom is 0.252 e. The molecule has 7 aromatic rings. The Morgan fingerprint density at radius 1 is 0.358 bits per heavy atom. The van der Waals surface area contributed by atoms with Gasteiger partial charge in [0.15, 0.2) is 8.07 Å². The molecule has 2 heterocycles. The van der Waals surface area contributed by atoms with Crippen molar-refractivity contribution < 1.29 is 0 Å². The lowest BCUT2D eigenvalue weighted by Gasteiger charge is -2.47. The number of rotatable bonds is 5. The summed E-state index contributed by atoms with van der Waals surface area (Å²) in [5.74, 6) is 0. The van der Waals surface area contributed by atoms with Gasteiger partial charge in [-0.1, -0.05) is 207 Å². The number of hydrogen-bond acceptors (Lipinski definition) is 2. The number of hydrogen-bond donors (Lipinski definition) is 0. The normalized spacial score (nSPS) is 14.2. The number of fused-ring (bicyclic) bond motifs is 4. The molecule has 2 aliphatic rings. The van der Waals surface area contributed by atoms with Gasteiger partial charge in [-0.25, -0.2) is 0 Å². The van der Waals surface area contributed by atoms with Crippen molar-refractivity contribution >= 4 is 80.9 Å². The Hall–Kier alpha value is -5.58. The lowest BCUT2D eigenvalue weighted by Crippen LogP contribution is -2.73. The van der Waals surface area contributed by atoms with E-state index in [1.807, 2.05) is 0 Å². The average molecular weight is 897 g/mol. The molecule has 0 aromatic heterocycles. The van der Waals surface area contributed by atoms with Crippen molar-refractivity contribution in [1.29, 1.82) is 0 Å². The molecule has 342 valence electrons. The Bertz CT molecular complexity index is 2910. The summed E-state index contributed by atoms with van der Waals surface area (Å²) >= 11 is 0. The zero-order valence-corrected chi connectivity index (χ0v) is 44.4. The topological polar surface area (TPSA) is 6.48 Å². The number of anilines is 6. The standard InChI is InChI=1S/C63H73BN2Si/c1-42-35-56-58-57(36-42)66(48-38-45(61(8,9)10)37-46(39-48)62(11,12)13)55-34-32-51(67(63(14,15)16,49-23-19-17-20-24-49)50-25-21-18-22-26-50)41-53(55)64(58)52-40-44(60(5,6)7)29-33-54(52)65(56)47-30-27-43(28-31-47)59(2,3)4/h17-41H,1-16H3. The van der Waals surface area contributed by atoms with Gasteiger partial charge in [-0.3, -0.25) is 0 Å². The Morgan fingerprint density at radius 2 is 0.791 bits per heavy atom. The fraction of sp³-hybridized carbons (Fsp3) is 0.333. The lowest BCUT2D eigenvalue weighted by molar-refractivity contribution is 0.569. The van der Waals surface area contributed by atoms with Crippen molar-refractivity contribution in [3.05, 3.63) is 179 Å². The van der Waals surface area contributed by atoms with Gasteiger partial charge in [0.25, 0.3) is 6.71 Å². The summed E-state index contributed by atoms with van der Waals surface area (Å²) in [6.07, 6.45) is 0.